The standard InChI is InChI=1S/C11H11NO4/c1-6-3-7(16-2)4-8(9(6)5-12)10(13)11(14)15/h3-4,10,13H,1-2H3,(H,14,15). The van der Waals surface area contributed by atoms with Crippen LogP contribution in [0.3, 0.4) is 0 Å². The van der Waals surface area contributed by atoms with Crippen molar-refractivity contribution in [2.24, 2.45) is 0 Å². The number of methoxy groups -OCH3 is 1. The molecule has 1 aromatic carbocycles. The Balaban J connectivity index is 3.41. The number of hydrogen-bond donors (Lipinski definition) is 2. The molecule has 0 saturated carbocycles. The molecule has 0 spiro atoms. The van der Waals surface area contributed by atoms with Crippen molar-refractivity contribution in [2.75, 3.05) is 7.11 Å². The van der Waals surface area contributed by atoms with E-state index in [1.54, 1.807) is 13.0 Å². The second kappa shape index (κ2) is 4.64. The maximum absolute atomic E-state index is 10.7. The predicted octanol–water partition coefficient (Wildman–Crippen LogP) is 0.993. The highest BCUT2D eigenvalue weighted by atomic mass is 16.5. The third-order valence-corrected chi connectivity index (χ3v) is 2.22. The number of carboxylic acid groups (broad SMARTS) is 1. The number of aliphatic hydroxyl groups excluding tert-OH is 1. The topological polar surface area (TPSA) is 90.5 Å². The lowest BCUT2D eigenvalue weighted by Crippen LogP contribution is -2.13. The van der Waals surface area contributed by atoms with Crippen LogP contribution in [0.4, 0.5) is 0 Å². The minimum atomic E-state index is -1.72. The van der Waals surface area contributed by atoms with Gasteiger partial charge in [-0.25, -0.2) is 4.79 Å². The number of aliphatic carboxylic acids is 1. The van der Waals surface area contributed by atoms with Gasteiger partial charge < -0.3 is 14.9 Å². The molecule has 0 fully saturated rings. The maximum Gasteiger partial charge on any atom is 0.337 e. The molecule has 16 heavy (non-hydrogen) atoms. The molecule has 0 aliphatic rings. The first-order valence-electron chi connectivity index (χ1n) is 4.50. The van der Waals surface area contributed by atoms with Crippen LogP contribution in [0, 0.1) is 18.3 Å². The fraction of sp³-hybridized carbons (Fsp3) is 0.273. The molecular formula is C11H11NO4. The molecule has 1 aromatic rings. The van der Waals surface area contributed by atoms with Gasteiger partial charge in [-0.05, 0) is 24.6 Å². The molecule has 1 rings (SSSR count). The molecule has 0 heterocycles. The lowest BCUT2D eigenvalue weighted by atomic mass is 9.98. The normalized spacial score (nSPS) is 11.6. The van der Waals surface area contributed by atoms with Gasteiger partial charge in [0.25, 0.3) is 0 Å². The van der Waals surface area contributed by atoms with Crippen molar-refractivity contribution < 1.29 is 19.7 Å². The van der Waals surface area contributed by atoms with Crippen LogP contribution in [0.25, 0.3) is 0 Å². The Morgan fingerprint density at radius 3 is 2.62 bits per heavy atom. The molecule has 5 heteroatoms. The van der Waals surface area contributed by atoms with E-state index in [1.165, 1.54) is 13.2 Å². The Hall–Kier alpha value is -2.06. The number of hydrogen-bond acceptors (Lipinski definition) is 4. The summed E-state index contributed by atoms with van der Waals surface area (Å²) in [5.41, 5.74) is 0.778. The molecule has 0 amide bonds. The Kier molecular flexibility index (Phi) is 3.48. The van der Waals surface area contributed by atoms with E-state index in [2.05, 4.69) is 0 Å². The summed E-state index contributed by atoms with van der Waals surface area (Å²) in [6.07, 6.45) is -1.72. The monoisotopic (exact) mass is 221 g/mol. The van der Waals surface area contributed by atoms with Crippen LogP contribution >= 0.6 is 0 Å². The molecule has 0 radical (unpaired) electrons. The van der Waals surface area contributed by atoms with Crippen molar-refractivity contribution in [1.29, 1.82) is 5.26 Å². The van der Waals surface area contributed by atoms with E-state index < -0.39 is 12.1 Å². The highest BCUT2D eigenvalue weighted by Gasteiger charge is 2.21. The molecular weight excluding hydrogens is 210 g/mol. The zero-order valence-corrected chi connectivity index (χ0v) is 8.89. The van der Waals surface area contributed by atoms with Crippen LogP contribution in [-0.4, -0.2) is 23.3 Å². The number of benzene rings is 1. The van der Waals surface area contributed by atoms with E-state index in [4.69, 9.17) is 15.1 Å². The fourth-order valence-corrected chi connectivity index (χ4v) is 1.40. The van der Waals surface area contributed by atoms with Gasteiger partial charge in [-0.3, -0.25) is 0 Å². The average Bonchev–Trinajstić information content (AvgIpc) is 2.26. The fourth-order valence-electron chi connectivity index (χ4n) is 1.40. The van der Waals surface area contributed by atoms with Crippen LogP contribution in [0.5, 0.6) is 5.75 Å². The SMILES string of the molecule is COc1cc(C)c(C#N)c(C(O)C(=O)O)c1. The van der Waals surface area contributed by atoms with E-state index >= 15 is 0 Å². The van der Waals surface area contributed by atoms with Gasteiger partial charge in [0.1, 0.15) is 5.75 Å². The molecule has 1 atom stereocenters. The van der Waals surface area contributed by atoms with Gasteiger partial charge in [-0.15, -0.1) is 0 Å². The van der Waals surface area contributed by atoms with Gasteiger partial charge in [-0.1, -0.05) is 0 Å². The Labute approximate surface area is 92.5 Å². The highest BCUT2D eigenvalue weighted by Crippen LogP contribution is 2.26. The number of aryl methyl sites for hydroxylation is 1. The number of carbonyl (C=O) groups is 1. The summed E-state index contributed by atoms with van der Waals surface area (Å²) in [5.74, 6) is -0.990. The van der Waals surface area contributed by atoms with E-state index in [1.807, 2.05) is 6.07 Å². The lowest BCUT2D eigenvalue weighted by Gasteiger charge is -2.12. The summed E-state index contributed by atoms with van der Waals surface area (Å²) in [5, 5.41) is 27.1. The van der Waals surface area contributed by atoms with Crippen molar-refractivity contribution in [2.45, 2.75) is 13.0 Å². The number of nitrogens with zero attached hydrogens (tertiary/aromatic N) is 1. The first-order chi connectivity index (χ1) is 7.51. The first kappa shape index (κ1) is 12.0. The van der Waals surface area contributed by atoms with Gasteiger partial charge in [0, 0.05) is 5.56 Å². The summed E-state index contributed by atoms with van der Waals surface area (Å²) >= 11 is 0. The van der Waals surface area contributed by atoms with Crippen LogP contribution in [0.1, 0.15) is 22.8 Å². The van der Waals surface area contributed by atoms with Crippen molar-refractivity contribution in [3.05, 3.63) is 28.8 Å². The predicted molar refractivity (Wildman–Crippen MR) is 55.0 cm³/mol. The molecule has 0 aromatic heterocycles. The third kappa shape index (κ3) is 2.12. The minimum Gasteiger partial charge on any atom is -0.497 e. The lowest BCUT2D eigenvalue weighted by molar-refractivity contribution is -0.146. The molecule has 1 unspecified atom stereocenters. The smallest absolute Gasteiger partial charge is 0.337 e. The second-order valence-corrected chi connectivity index (χ2v) is 3.26. The van der Waals surface area contributed by atoms with E-state index in [0.717, 1.165) is 0 Å². The molecule has 2 N–H and O–H groups in total. The molecule has 5 nitrogen and oxygen atoms in total. The Morgan fingerprint density at radius 1 is 1.56 bits per heavy atom. The van der Waals surface area contributed by atoms with Gasteiger partial charge >= 0.3 is 5.97 Å². The summed E-state index contributed by atoms with van der Waals surface area (Å²) in [4.78, 5) is 10.7. The molecule has 0 bridgehead atoms. The summed E-state index contributed by atoms with van der Waals surface area (Å²) in [6.45, 7) is 1.65. The van der Waals surface area contributed by atoms with Gasteiger partial charge in [0.05, 0.1) is 18.7 Å². The van der Waals surface area contributed by atoms with Crippen LogP contribution in [0.15, 0.2) is 12.1 Å². The van der Waals surface area contributed by atoms with Crippen molar-refractivity contribution in [3.63, 3.8) is 0 Å². The van der Waals surface area contributed by atoms with Crippen LogP contribution in [0.2, 0.25) is 0 Å². The van der Waals surface area contributed by atoms with Crippen molar-refractivity contribution in [3.8, 4) is 11.8 Å². The van der Waals surface area contributed by atoms with Gasteiger partial charge in [0.2, 0.25) is 0 Å². The third-order valence-electron chi connectivity index (χ3n) is 2.22. The van der Waals surface area contributed by atoms with E-state index in [-0.39, 0.29) is 11.1 Å². The second-order valence-electron chi connectivity index (χ2n) is 3.26. The maximum atomic E-state index is 10.7. The van der Waals surface area contributed by atoms with Crippen molar-refractivity contribution >= 4 is 5.97 Å². The number of ether oxygens (including phenoxy) is 1. The number of rotatable bonds is 3. The molecule has 0 aliphatic carbocycles. The van der Waals surface area contributed by atoms with Crippen LogP contribution in [-0.2, 0) is 4.79 Å². The zero-order chi connectivity index (χ0) is 12.3. The zero-order valence-electron chi connectivity index (χ0n) is 8.89. The van der Waals surface area contributed by atoms with E-state index in [9.17, 15) is 9.90 Å². The summed E-state index contributed by atoms with van der Waals surface area (Å²) in [6, 6.07) is 4.83. The van der Waals surface area contributed by atoms with Crippen molar-refractivity contribution in [1.82, 2.24) is 0 Å². The summed E-state index contributed by atoms with van der Waals surface area (Å²) < 4.78 is 4.95. The largest absolute Gasteiger partial charge is 0.497 e. The summed E-state index contributed by atoms with van der Waals surface area (Å²) in [7, 11) is 1.43. The van der Waals surface area contributed by atoms with Gasteiger partial charge in [0.15, 0.2) is 6.10 Å². The average molecular weight is 221 g/mol. The molecule has 0 aliphatic heterocycles. The number of carboxylic acids is 1. The quantitative estimate of drug-likeness (QED) is 0.794. The van der Waals surface area contributed by atoms with E-state index in [0.29, 0.717) is 11.3 Å². The first-order valence-corrected chi connectivity index (χ1v) is 4.50. The minimum absolute atomic E-state index is 0.0480. The van der Waals surface area contributed by atoms with Gasteiger partial charge in [-0.2, -0.15) is 5.26 Å². The molecule has 0 saturated heterocycles. The Bertz CT molecular complexity index is 462. The molecule has 84 valence electrons. The number of aliphatic hydroxyl groups is 1. The number of nitriles is 1. The van der Waals surface area contributed by atoms with Crippen LogP contribution < -0.4 is 4.74 Å². The highest BCUT2D eigenvalue weighted by molar-refractivity contribution is 5.75. The Morgan fingerprint density at radius 2 is 2.19 bits per heavy atom.